The molecule has 8 rings (SSSR count). The van der Waals surface area contributed by atoms with Gasteiger partial charge >= 0.3 is 7.60 Å². The zero-order valence-electron chi connectivity index (χ0n) is 30.0. The average Bonchev–Trinajstić information content (AvgIpc) is 3.91. The second kappa shape index (κ2) is 18.3. The molecule has 2 aliphatic carbocycles. The standard InChI is InChI=1S/C19H18N3O5PS.C18H15N3O3S.2Pr/c1-22-16-12(10-21-22)4-7-14-15(16)19(29-17(14)18(20)23)27-13-5-2-11(3-6-13)8-9-28(24,25)26;1-21-15-11(8-20-21)4-7-13-14(15)18(25-16(13)17(19)23)24-12-5-2-10(9-22)3-6-12;;/h2-3,5-6,8-10H,4,7H2,1H3,(H2,20,23)(H2,24,25,26);2-3,5-6,8-9H,4,7H2,1H3,(H2,19,23);;/b9-8+;;;. The number of aromatic nitrogens is 4. The fourth-order valence-electron chi connectivity index (χ4n) is 6.54. The van der Waals surface area contributed by atoms with E-state index in [0.29, 0.717) is 48.9 Å². The van der Waals surface area contributed by atoms with Crippen molar-refractivity contribution in [1.29, 1.82) is 0 Å². The van der Waals surface area contributed by atoms with E-state index in [9.17, 15) is 18.9 Å². The molecule has 0 unspecified atom stereocenters. The molecule has 0 aliphatic heterocycles. The topological polar surface area (TPSA) is 215 Å². The number of ether oxygens (including phenoxy) is 2. The maximum absolute atomic E-state index is 12.0. The molecule has 4 heterocycles. The number of nitrogens with two attached hydrogens (primary N) is 2. The van der Waals surface area contributed by atoms with Gasteiger partial charge in [-0.25, -0.2) is 0 Å². The summed E-state index contributed by atoms with van der Waals surface area (Å²) >= 11 is 2.47. The van der Waals surface area contributed by atoms with E-state index in [1.807, 2.05) is 26.5 Å². The molecule has 6 N–H and O–H groups in total. The molecule has 2 amide bonds. The third-order valence-corrected chi connectivity index (χ3v) is 11.8. The molecule has 2 radical (unpaired) electrons. The number of aryl methyl sites for hydroxylation is 4. The van der Waals surface area contributed by atoms with Crippen LogP contribution in [-0.2, 0) is 44.3 Å². The minimum atomic E-state index is -4.21. The molecule has 6 aromatic rings. The van der Waals surface area contributed by atoms with Gasteiger partial charge in [-0.3, -0.25) is 28.3 Å². The number of benzene rings is 2. The molecule has 0 saturated heterocycles. The normalized spacial score (nSPS) is 12.4. The van der Waals surface area contributed by atoms with Crippen LogP contribution < -0.4 is 20.9 Å². The monoisotopic (exact) mass is 1070 g/mol. The van der Waals surface area contributed by atoms with Crippen LogP contribution in [0.2, 0.25) is 0 Å². The van der Waals surface area contributed by atoms with Crippen LogP contribution in [0.5, 0.6) is 21.6 Å². The Morgan fingerprint density at radius 2 is 1.14 bits per heavy atom. The van der Waals surface area contributed by atoms with E-state index >= 15 is 0 Å². The van der Waals surface area contributed by atoms with E-state index in [2.05, 4.69) is 10.2 Å². The van der Waals surface area contributed by atoms with Crippen LogP contribution >= 0.6 is 30.3 Å². The number of amides is 2. The van der Waals surface area contributed by atoms with Gasteiger partial charge in [0.05, 0.1) is 44.7 Å². The van der Waals surface area contributed by atoms with Gasteiger partial charge in [0, 0.05) is 108 Å². The van der Waals surface area contributed by atoms with Crippen molar-refractivity contribution >= 4 is 54.4 Å². The first kappa shape index (κ1) is 44.2. The minimum Gasteiger partial charge on any atom is -0.446 e. The molecule has 2 aliphatic rings. The molecule has 0 fully saturated rings. The summed E-state index contributed by atoms with van der Waals surface area (Å²) in [5.74, 6) is 1.05. The Morgan fingerprint density at radius 1 is 0.732 bits per heavy atom. The van der Waals surface area contributed by atoms with Crippen LogP contribution in [0.25, 0.3) is 28.6 Å². The first-order valence-electron chi connectivity index (χ1n) is 16.5. The smallest absolute Gasteiger partial charge is 0.349 e. The maximum atomic E-state index is 12.0. The molecule has 4 aromatic heterocycles. The van der Waals surface area contributed by atoms with E-state index in [0.717, 1.165) is 76.1 Å². The molecule has 282 valence electrons. The predicted molar refractivity (Wildman–Crippen MR) is 204 cm³/mol. The summed E-state index contributed by atoms with van der Waals surface area (Å²) in [4.78, 5) is 53.5. The fourth-order valence-corrected chi connectivity index (χ4v) is 9.05. The summed E-state index contributed by atoms with van der Waals surface area (Å²) in [5.41, 5.74) is 20.0. The van der Waals surface area contributed by atoms with Crippen molar-refractivity contribution in [3.05, 3.63) is 110 Å². The van der Waals surface area contributed by atoms with Crippen LogP contribution in [0.15, 0.2) is 66.7 Å². The van der Waals surface area contributed by atoms with Gasteiger partial charge < -0.3 is 30.7 Å². The quantitative estimate of drug-likeness (QED) is 0.0945. The predicted octanol–water partition coefficient (Wildman–Crippen LogP) is 6.24. The van der Waals surface area contributed by atoms with E-state index in [4.69, 9.17) is 30.7 Å². The second-order valence-corrected chi connectivity index (χ2v) is 16.0. The summed E-state index contributed by atoms with van der Waals surface area (Å²) in [6, 6.07) is 13.6. The Labute approximate surface area is 395 Å². The average molecular weight is 1070 g/mol. The molecule has 56 heavy (non-hydrogen) atoms. The van der Waals surface area contributed by atoms with Crippen LogP contribution in [0.3, 0.4) is 0 Å². The number of rotatable bonds is 9. The summed E-state index contributed by atoms with van der Waals surface area (Å²) < 4.78 is 26.6. The summed E-state index contributed by atoms with van der Waals surface area (Å²) in [7, 11) is -0.488. The maximum Gasteiger partial charge on any atom is 0.349 e. The number of hydrogen-bond acceptors (Lipinski definition) is 10. The molecule has 0 spiro atoms. The van der Waals surface area contributed by atoms with Crippen molar-refractivity contribution in [2.24, 2.45) is 25.6 Å². The zero-order chi connectivity index (χ0) is 38.3. The van der Waals surface area contributed by atoms with Gasteiger partial charge in [-0.2, -0.15) is 10.2 Å². The number of fused-ring (bicyclic) bond motifs is 6. The van der Waals surface area contributed by atoms with Crippen molar-refractivity contribution in [3.63, 3.8) is 0 Å². The Kier molecular flexibility index (Phi) is 14.5. The molecule has 19 heteroatoms. The summed E-state index contributed by atoms with van der Waals surface area (Å²) in [5, 5.41) is 9.85. The van der Waals surface area contributed by atoms with Crippen LogP contribution in [0.1, 0.15) is 57.5 Å². The largest absolute Gasteiger partial charge is 0.446 e. The number of nitrogens with zero attached hydrogens (tertiary/aromatic N) is 4. The Hall–Kier alpha value is -2.91. The molecule has 14 nitrogen and oxygen atoms in total. The number of aldehydes is 1. The van der Waals surface area contributed by atoms with Crippen LogP contribution in [-0.4, -0.2) is 47.4 Å². The molecule has 0 saturated carbocycles. The SMILES string of the molecule is Cn1ncc2c1-c1c(Oc3ccc(/C=C/P(=O)(O)O)cc3)sc(C(N)=O)c1CC2.Cn1ncc2c1-c1c(Oc3ccc(C=O)cc3)sc(C(N)=O)c1CC2.[Pr].[Pr]. The third-order valence-electron chi connectivity index (χ3n) is 8.97. The number of thiophene rings is 2. The van der Waals surface area contributed by atoms with Gasteiger partial charge in [-0.05, 0) is 96.0 Å². The Morgan fingerprint density at radius 3 is 1.52 bits per heavy atom. The van der Waals surface area contributed by atoms with Crippen molar-refractivity contribution in [1.82, 2.24) is 19.6 Å². The number of primary amides is 2. The van der Waals surface area contributed by atoms with E-state index < -0.39 is 19.4 Å². The van der Waals surface area contributed by atoms with E-state index in [1.54, 1.807) is 57.9 Å². The van der Waals surface area contributed by atoms with Crippen molar-refractivity contribution in [2.75, 3.05) is 0 Å². The van der Waals surface area contributed by atoms with Crippen LogP contribution in [0.4, 0.5) is 0 Å². The Balaban J connectivity index is 0.000000209. The summed E-state index contributed by atoms with van der Waals surface area (Å²) in [6.45, 7) is 0. The summed E-state index contributed by atoms with van der Waals surface area (Å²) in [6.07, 6.45) is 8.84. The number of carbonyl (C=O) groups is 3. The van der Waals surface area contributed by atoms with Gasteiger partial charge in [0.15, 0.2) is 10.1 Å². The first-order chi connectivity index (χ1) is 25.8. The molecular formula is C37H33N6O8PPr2S2. The third kappa shape index (κ3) is 9.35. The molecule has 0 atom stereocenters. The van der Waals surface area contributed by atoms with Crippen LogP contribution in [0, 0.1) is 82.6 Å². The van der Waals surface area contributed by atoms with Gasteiger partial charge in [-0.1, -0.05) is 34.8 Å². The van der Waals surface area contributed by atoms with Crippen molar-refractivity contribution in [2.45, 2.75) is 25.7 Å². The van der Waals surface area contributed by atoms with Gasteiger partial charge in [0.25, 0.3) is 11.8 Å². The van der Waals surface area contributed by atoms with Gasteiger partial charge in [0.2, 0.25) is 0 Å². The van der Waals surface area contributed by atoms with E-state index in [1.165, 1.54) is 28.7 Å². The van der Waals surface area contributed by atoms with Crippen molar-refractivity contribution < 1.29 is 121 Å². The molecular weight excluding hydrogens is 1030 g/mol. The van der Waals surface area contributed by atoms with Crippen molar-refractivity contribution in [3.8, 4) is 44.1 Å². The van der Waals surface area contributed by atoms with Gasteiger partial charge in [-0.15, -0.1) is 0 Å². The second-order valence-electron chi connectivity index (χ2n) is 12.5. The number of carbonyl (C=O) groups excluding carboxylic acids is 3. The zero-order valence-corrected chi connectivity index (χ0v) is 40.0. The molecule has 2 aromatic carbocycles. The minimum absolute atomic E-state index is 0. The Bertz CT molecular complexity index is 2520. The van der Waals surface area contributed by atoms with E-state index in [-0.39, 0.29) is 82.6 Å². The van der Waals surface area contributed by atoms with Gasteiger partial charge in [0.1, 0.15) is 17.8 Å². The molecule has 0 bridgehead atoms. The first-order valence-corrected chi connectivity index (χ1v) is 19.8. The fraction of sp³-hybridized carbons (Fsp3) is 0.162. The number of hydrogen-bond donors (Lipinski definition) is 4.